The lowest BCUT2D eigenvalue weighted by atomic mass is 9.69. The average molecular weight is 565 g/mol. The molecule has 1 aliphatic carbocycles. The number of benzene rings is 1. The van der Waals surface area contributed by atoms with E-state index >= 15 is 4.39 Å². The van der Waals surface area contributed by atoms with E-state index in [4.69, 9.17) is 5.73 Å². The van der Waals surface area contributed by atoms with Crippen molar-refractivity contribution in [2.75, 3.05) is 4.90 Å². The Morgan fingerprint density at radius 3 is 2.58 bits per heavy atom. The van der Waals surface area contributed by atoms with Crippen LogP contribution in [0, 0.1) is 29.5 Å². The number of thiophene rings is 1. The summed E-state index contributed by atoms with van der Waals surface area (Å²) in [6.45, 7) is 6.02. The second kappa shape index (κ2) is 7.88. The highest BCUT2D eigenvalue weighted by Crippen LogP contribution is 2.52. The van der Waals surface area contributed by atoms with Gasteiger partial charge in [0.25, 0.3) is 0 Å². The van der Waals surface area contributed by atoms with Gasteiger partial charge in [-0.05, 0) is 59.0 Å². The normalized spacial score (nSPS) is 20.7. The number of nitrogens with zero attached hydrogens (tertiary/aromatic N) is 2. The van der Waals surface area contributed by atoms with Gasteiger partial charge in [-0.25, -0.2) is 4.39 Å². The molecule has 0 amide bonds. The van der Waals surface area contributed by atoms with Crippen LogP contribution in [0.25, 0.3) is 0 Å². The number of Topliss-reactive ketones (excluding diaryl/α,β-unsaturated/α-hetero) is 1. The van der Waals surface area contributed by atoms with Crippen LogP contribution in [0.15, 0.2) is 55.9 Å². The molecular formula is C23H20Br2FN3OS. The number of nitriles is 1. The highest BCUT2D eigenvalue weighted by atomic mass is 79.9. The van der Waals surface area contributed by atoms with Gasteiger partial charge < -0.3 is 5.73 Å². The molecule has 0 bridgehead atoms. The van der Waals surface area contributed by atoms with E-state index in [2.05, 4.69) is 37.9 Å². The van der Waals surface area contributed by atoms with Gasteiger partial charge >= 0.3 is 0 Å². The lowest BCUT2D eigenvalue weighted by Gasteiger charge is -2.43. The third-order valence-electron chi connectivity index (χ3n) is 5.69. The van der Waals surface area contributed by atoms with Crippen molar-refractivity contribution in [2.24, 2.45) is 11.1 Å². The number of allylic oxidation sites excluding steroid dienone is 3. The Labute approximate surface area is 201 Å². The summed E-state index contributed by atoms with van der Waals surface area (Å²) in [5.74, 6) is -0.889. The number of anilines is 1. The van der Waals surface area contributed by atoms with Crippen LogP contribution in [0.3, 0.4) is 0 Å². The molecule has 2 heterocycles. The number of carbonyl (C=O) groups is 1. The van der Waals surface area contributed by atoms with Crippen LogP contribution in [-0.2, 0) is 4.79 Å². The predicted molar refractivity (Wildman–Crippen MR) is 128 cm³/mol. The van der Waals surface area contributed by atoms with Crippen LogP contribution in [0.4, 0.5) is 10.1 Å². The molecule has 1 aromatic heterocycles. The molecule has 0 spiro atoms. The summed E-state index contributed by atoms with van der Waals surface area (Å²) in [4.78, 5) is 16.9. The highest BCUT2D eigenvalue weighted by molar-refractivity contribution is 9.10. The van der Waals surface area contributed by atoms with Crippen LogP contribution in [-0.4, -0.2) is 5.78 Å². The molecule has 4 nitrogen and oxygen atoms in total. The Hall–Kier alpha value is -1.95. The summed E-state index contributed by atoms with van der Waals surface area (Å²) in [7, 11) is 0. The summed E-state index contributed by atoms with van der Waals surface area (Å²) in [5.41, 5.74) is 7.95. The molecule has 4 rings (SSSR count). The maximum Gasteiger partial charge on any atom is 0.162 e. The Morgan fingerprint density at radius 2 is 2.00 bits per heavy atom. The van der Waals surface area contributed by atoms with E-state index in [0.717, 1.165) is 14.2 Å². The average Bonchev–Trinajstić information content (AvgIpc) is 2.99. The zero-order chi connectivity index (χ0) is 22.7. The van der Waals surface area contributed by atoms with Gasteiger partial charge in [-0.15, -0.1) is 11.3 Å². The lowest BCUT2D eigenvalue weighted by Crippen LogP contribution is -2.42. The monoisotopic (exact) mass is 563 g/mol. The number of halogens is 3. The van der Waals surface area contributed by atoms with Crippen LogP contribution in [0.2, 0.25) is 0 Å². The van der Waals surface area contributed by atoms with E-state index in [1.165, 1.54) is 17.4 Å². The Kier molecular flexibility index (Phi) is 5.65. The number of hydrogen-bond acceptors (Lipinski definition) is 5. The minimum absolute atomic E-state index is 0.0267. The van der Waals surface area contributed by atoms with Crippen molar-refractivity contribution in [3.8, 4) is 6.07 Å². The molecule has 8 heteroatoms. The fourth-order valence-electron chi connectivity index (χ4n) is 4.35. The molecule has 1 aliphatic heterocycles. The molecule has 1 unspecified atom stereocenters. The molecule has 2 aliphatic rings. The van der Waals surface area contributed by atoms with Gasteiger partial charge in [-0.2, -0.15) is 5.26 Å². The predicted octanol–water partition coefficient (Wildman–Crippen LogP) is 6.66. The van der Waals surface area contributed by atoms with Gasteiger partial charge in [0.1, 0.15) is 11.6 Å². The SMILES string of the molecule is Cc1sc(C2C(C#N)=C(N)N(c3ccc(Br)cc3F)C3=C2C(=O)CC(C)(C)C3)cc1Br. The van der Waals surface area contributed by atoms with E-state index in [0.29, 0.717) is 28.6 Å². The van der Waals surface area contributed by atoms with Crippen molar-refractivity contribution in [3.63, 3.8) is 0 Å². The van der Waals surface area contributed by atoms with Crippen molar-refractivity contribution < 1.29 is 9.18 Å². The van der Waals surface area contributed by atoms with Crippen LogP contribution < -0.4 is 10.6 Å². The molecule has 0 saturated carbocycles. The van der Waals surface area contributed by atoms with Crippen molar-refractivity contribution in [3.05, 3.63) is 71.4 Å². The number of ketones is 1. The molecule has 0 fully saturated rings. The van der Waals surface area contributed by atoms with Crippen LogP contribution in [0.5, 0.6) is 0 Å². The van der Waals surface area contributed by atoms with E-state index < -0.39 is 11.7 Å². The summed E-state index contributed by atoms with van der Waals surface area (Å²) < 4.78 is 16.5. The molecule has 0 saturated heterocycles. The Morgan fingerprint density at radius 1 is 1.29 bits per heavy atom. The summed E-state index contributed by atoms with van der Waals surface area (Å²) >= 11 is 8.35. The Balaban J connectivity index is 2.02. The van der Waals surface area contributed by atoms with E-state index in [-0.39, 0.29) is 28.3 Å². The molecular weight excluding hydrogens is 545 g/mol. The maximum atomic E-state index is 15.0. The minimum atomic E-state index is -0.548. The van der Waals surface area contributed by atoms with Gasteiger partial charge in [0, 0.05) is 36.4 Å². The van der Waals surface area contributed by atoms with Crippen molar-refractivity contribution in [1.29, 1.82) is 5.26 Å². The minimum Gasteiger partial charge on any atom is -0.384 e. The largest absolute Gasteiger partial charge is 0.384 e. The molecule has 160 valence electrons. The number of rotatable bonds is 2. The van der Waals surface area contributed by atoms with Crippen LogP contribution >= 0.6 is 43.2 Å². The van der Waals surface area contributed by atoms with Gasteiger partial charge in [0.05, 0.1) is 23.2 Å². The first-order valence-corrected chi connectivity index (χ1v) is 12.1. The second-order valence-corrected chi connectivity index (χ2v) is 11.7. The lowest BCUT2D eigenvalue weighted by molar-refractivity contribution is -0.118. The smallest absolute Gasteiger partial charge is 0.162 e. The first kappa shape index (κ1) is 22.3. The number of aryl methyl sites for hydroxylation is 1. The van der Waals surface area contributed by atoms with Crippen molar-refractivity contribution in [1.82, 2.24) is 0 Å². The number of nitrogens with two attached hydrogens (primary N) is 1. The molecule has 1 aromatic carbocycles. The summed E-state index contributed by atoms with van der Waals surface area (Å²) in [6, 6.07) is 8.86. The van der Waals surface area contributed by atoms with Crippen molar-refractivity contribution >= 4 is 54.7 Å². The van der Waals surface area contributed by atoms with Gasteiger partial charge in [-0.3, -0.25) is 9.69 Å². The molecule has 1 atom stereocenters. The zero-order valence-electron chi connectivity index (χ0n) is 17.2. The first-order chi connectivity index (χ1) is 14.5. The standard InChI is InChI=1S/C23H20Br2FN3OS/c1-11-14(25)7-19(31-11)20-13(10-27)22(28)29(16-5-4-12(24)6-15(16)26)17-8-23(2,3)9-18(30)21(17)20/h4-7,20H,8-9,28H2,1-3H3. The first-order valence-electron chi connectivity index (χ1n) is 9.71. The quantitative estimate of drug-likeness (QED) is 0.442. The Bertz CT molecular complexity index is 1200. The highest BCUT2D eigenvalue weighted by Gasteiger charge is 2.45. The van der Waals surface area contributed by atoms with Gasteiger partial charge in [0.2, 0.25) is 0 Å². The second-order valence-electron chi connectivity index (χ2n) is 8.63. The zero-order valence-corrected chi connectivity index (χ0v) is 21.2. The van der Waals surface area contributed by atoms with E-state index in [9.17, 15) is 10.1 Å². The molecule has 2 aromatic rings. The number of carbonyl (C=O) groups excluding carboxylic acids is 1. The summed E-state index contributed by atoms with van der Waals surface area (Å²) in [5, 5.41) is 10.1. The van der Waals surface area contributed by atoms with E-state index in [1.54, 1.807) is 17.0 Å². The third-order valence-corrected chi connectivity index (χ3v) is 8.39. The fraction of sp³-hybridized carbons (Fsp3) is 0.304. The summed E-state index contributed by atoms with van der Waals surface area (Å²) in [6.07, 6.45) is 0.911. The van der Waals surface area contributed by atoms with Gasteiger partial charge in [-0.1, -0.05) is 29.8 Å². The maximum absolute atomic E-state index is 15.0. The topological polar surface area (TPSA) is 70.1 Å². The number of hydrogen-bond donors (Lipinski definition) is 1. The van der Waals surface area contributed by atoms with Crippen molar-refractivity contribution in [2.45, 2.75) is 39.5 Å². The van der Waals surface area contributed by atoms with E-state index in [1.807, 2.05) is 26.8 Å². The van der Waals surface area contributed by atoms with Crippen LogP contribution in [0.1, 0.15) is 42.4 Å². The van der Waals surface area contributed by atoms with Gasteiger partial charge in [0.15, 0.2) is 5.78 Å². The molecule has 0 radical (unpaired) electrons. The molecule has 31 heavy (non-hydrogen) atoms. The fourth-order valence-corrected chi connectivity index (χ4v) is 6.37. The third kappa shape index (κ3) is 3.77. The molecule has 2 N–H and O–H groups in total.